The molecule has 1 fully saturated rings. The van der Waals surface area contributed by atoms with Gasteiger partial charge < -0.3 is 15.6 Å². The maximum Gasteiger partial charge on any atom is 0.219 e. The average molecular weight is 287 g/mol. The minimum absolute atomic E-state index is 0.163. The summed E-state index contributed by atoms with van der Waals surface area (Å²) < 4.78 is 0. The molecule has 1 aliphatic rings. The summed E-state index contributed by atoms with van der Waals surface area (Å²) in [6.45, 7) is 5.94. The van der Waals surface area contributed by atoms with Gasteiger partial charge in [0.2, 0.25) is 5.91 Å². The second-order valence-corrected chi connectivity index (χ2v) is 5.60. The number of hydrogen-bond acceptors (Lipinski definition) is 4. The molecule has 1 amide bonds. The fraction of sp³-hybridized carbons (Fsp3) is 0.467. The van der Waals surface area contributed by atoms with Gasteiger partial charge in [0.15, 0.2) is 0 Å². The van der Waals surface area contributed by atoms with Gasteiger partial charge in [0.25, 0.3) is 0 Å². The minimum Gasteiger partial charge on any atom is -0.399 e. The Hall–Kier alpha value is -2.08. The highest BCUT2D eigenvalue weighted by molar-refractivity contribution is 5.78. The number of rotatable bonds is 2. The predicted molar refractivity (Wildman–Crippen MR) is 82.7 cm³/mol. The lowest BCUT2D eigenvalue weighted by molar-refractivity contribution is -0.128. The molecular formula is C15H21N5O. The van der Waals surface area contributed by atoms with Crippen molar-refractivity contribution in [2.24, 2.45) is 0 Å². The number of hydrogen-bond donors (Lipinski definition) is 2. The lowest BCUT2D eigenvalue weighted by Gasteiger charge is -2.20. The van der Waals surface area contributed by atoms with Crippen LogP contribution in [-0.4, -0.2) is 51.9 Å². The average Bonchev–Trinajstić information content (AvgIpc) is 2.66. The first-order valence-corrected chi connectivity index (χ1v) is 7.34. The van der Waals surface area contributed by atoms with Gasteiger partial charge in [-0.1, -0.05) is 0 Å². The van der Waals surface area contributed by atoms with Crippen molar-refractivity contribution in [1.82, 2.24) is 19.8 Å². The van der Waals surface area contributed by atoms with Crippen LogP contribution in [0.4, 0.5) is 5.69 Å². The number of nitrogens with two attached hydrogens (primary N) is 1. The number of anilines is 1. The van der Waals surface area contributed by atoms with Crippen molar-refractivity contribution < 1.29 is 4.79 Å². The molecule has 0 aliphatic carbocycles. The maximum atomic E-state index is 11.4. The monoisotopic (exact) mass is 287 g/mol. The molecule has 0 unspecified atom stereocenters. The molecule has 2 heterocycles. The van der Waals surface area contributed by atoms with Crippen LogP contribution in [0.5, 0.6) is 0 Å². The molecule has 0 radical (unpaired) electrons. The van der Waals surface area contributed by atoms with Gasteiger partial charge in [-0.2, -0.15) is 0 Å². The lowest BCUT2D eigenvalue weighted by Crippen LogP contribution is -2.33. The Morgan fingerprint density at radius 1 is 1.33 bits per heavy atom. The molecule has 6 nitrogen and oxygen atoms in total. The van der Waals surface area contributed by atoms with Crippen LogP contribution < -0.4 is 5.73 Å². The third-order valence-electron chi connectivity index (χ3n) is 3.96. The molecule has 112 valence electrons. The van der Waals surface area contributed by atoms with E-state index < -0.39 is 0 Å². The molecule has 0 atom stereocenters. The molecule has 1 aromatic heterocycles. The number of benzene rings is 1. The first-order valence-electron chi connectivity index (χ1n) is 7.34. The highest BCUT2D eigenvalue weighted by Gasteiger charge is 2.17. The summed E-state index contributed by atoms with van der Waals surface area (Å²) in [4.78, 5) is 23.6. The fourth-order valence-corrected chi connectivity index (χ4v) is 2.81. The second kappa shape index (κ2) is 5.73. The maximum absolute atomic E-state index is 11.4. The van der Waals surface area contributed by atoms with Crippen LogP contribution in [0.25, 0.3) is 11.0 Å². The van der Waals surface area contributed by atoms with Gasteiger partial charge in [-0.25, -0.2) is 4.98 Å². The molecule has 21 heavy (non-hydrogen) atoms. The number of amides is 1. The van der Waals surface area contributed by atoms with E-state index in [2.05, 4.69) is 14.9 Å². The van der Waals surface area contributed by atoms with Gasteiger partial charge in [0, 0.05) is 38.8 Å². The van der Waals surface area contributed by atoms with Crippen LogP contribution in [0.3, 0.4) is 0 Å². The van der Waals surface area contributed by atoms with E-state index in [1.54, 1.807) is 6.92 Å². The number of fused-ring (bicyclic) bond motifs is 1. The largest absolute Gasteiger partial charge is 0.399 e. The Bertz CT molecular complexity index is 651. The summed E-state index contributed by atoms with van der Waals surface area (Å²) in [6, 6.07) is 5.71. The zero-order valence-corrected chi connectivity index (χ0v) is 12.3. The lowest BCUT2D eigenvalue weighted by atomic mass is 10.3. The Morgan fingerprint density at radius 2 is 2.19 bits per heavy atom. The molecule has 3 N–H and O–H groups in total. The predicted octanol–water partition coefficient (Wildman–Crippen LogP) is 1.20. The van der Waals surface area contributed by atoms with Crippen LogP contribution >= 0.6 is 0 Å². The van der Waals surface area contributed by atoms with E-state index in [-0.39, 0.29) is 5.91 Å². The first kappa shape index (κ1) is 13.9. The molecule has 2 aromatic rings. The molecule has 1 aliphatic heterocycles. The molecule has 0 spiro atoms. The van der Waals surface area contributed by atoms with Gasteiger partial charge in [0.05, 0.1) is 17.6 Å². The van der Waals surface area contributed by atoms with Crippen molar-refractivity contribution in [3.05, 3.63) is 24.0 Å². The fourth-order valence-electron chi connectivity index (χ4n) is 2.81. The summed E-state index contributed by atoms with van der Waals surface area (Å²) in [7, 11) is 0. The molecule has 0 bridgehead atoms. The van der Waals surface area contributed by atoms with E-state index in [4.69, 9.17) is 5.73 Å². The van der Waals surface area contributed by atoms with Gasteiger partial charge >= 0.3 is 0 Å². The standard InChI is InChI=1S/C15H21N5O/c1-11(21)20-6-2-5-19(7-8-20)10-15-17-13-4-3-12(16)9-14(13)18-15/h3-4,9H,2,5-8,10,16H2,1H3,(H,17,18). The van der Waals surface area contributed by atoms with Gasteiger partial charge in [0.1, 0.15) is 5.82 Å². The zero-order chi connectivity index (χ0) is 14.8. The van der Waals surface area contributed by atoms with Crippen LogP contribution in [0.2, 0.25) is 0 Å². The number of nitrogens with zero attached hydrogens (tertiary/aromatic N) is 3. The Balaban J connectivity index is 1.68. The van der Waals surface area contributed by atoms with E-state index in [9.17, 15) is 4.79 Å². The minimum atomic E-state index is 0.163. The van der Waals surface area contributed by atoms with E-state index in [1.807, 2.05) is 23.1 Å². The quantitative estimate of drug-likeness (QED) is 0.814. The van der Waals surface area contributed by atoms with Gasteiger partial charge in [-0.3, -0.25) is 9.69 Å². The second-order valence-electron chi connectivity index (χ2n) is 5.60. The number of nitrogen functional groups attached to an aromatic ring is 1. The van der Waals surface area contributed by atoms with E-state index >= 15 is 0 Å². The molecule has 3 rings (SSSR count). The highest BCUT2D eigenvalue weighted by Crippen LogP contribution is 2.16. The number of imidazole rings is 1. The topological polar surface area (TPSA) is 78.2 Å². The van der Waals surface area contributed by atoms with Crippen LogP contribution in [0, 0.1) is 0 Å². The Morgan fingerprint density at radius 3 is 3.00 bits per heavy atom. The van der Waals surface area contributed by atoms with Crippen LogP contribution in [0.15, 0.2) is 18.2 Å². The SMILES string of the molecule is CC(=O)N1CCCN(Cc2nc3ccc(N)cc3[nH]2)CC1. The number of aromatic nitrogens is 2. The summed E-state index contributed by atoms with van der Waals surface area (Å²) in [5.41, 5.74) is 8.45. The Labute approximate surface area is 123 Å². The molecule has 1 aromatic carbocycles. The number of H-pyrrole nitrogens is 1. The smallest absolute Gasteiger partial charge is 0.219 e. The van der Waals surface area contributed by atoms with Crippen molar-refractivity contribution in [2.75, 3.05) is 31.9 Å². The summed E-state index contributed by atoms with van der Waals surface area (Å²) in [5.74, 6) is 1.11. The molecule has 1 saturated heterocycles. The summed E-state index contributed by atoms with van der Waals surface area (Å²) in [5, 5.41) is 0. The summed E-state index contributed by atoms with van der Waals surface area (Å²) in [6.07, 6.45) is 1.01. The zero-order valence-electron chi connectivity index (χ0n) is 12.3. The number of aromatic amines is 1. The normalized spacial score (nSPS) is 17.1. The number of carbonyl (C=O) groups excluding carboxylic acids is 1. The van der Waals surface area contributed by atoms with E-state index in [0.29, 0.717) is 0 Å². The highest BCUT2D eigenvalue weighted by atomic mass is 16.2. The Kier molecular flexibility index (Phi) is 3.79. The van der Waals surface area contributed by atoms with Crippen molar-refractivity contribution >= 4 is 22.6 Å². The van der Waals surface area contributed by atoms with E-state index in [0.717, 1.165) is 61.7 Å². The number of nitrogens with one attached hydrogen (secondary N) is 1. The van der Waals surface area contributed by atoms with Crippen LogP contribution in [-0.2, 0) is 11.3 Å². The molecule has 0 saturated carbocycles. The third kappa shape index (κ3) is 3.16. The van der Waals surface area contributed by atoms with Crippen molar-refractivity contribution in [3.8, 4) is 0 Å². The van der Waals surface area contributed by atoms with Crippen LogP contribution in [0.1, 0.15) is 19.2 Å². The van der Waals surface area contributed by atoms with Crippen molar-refractivity contribution in [3.63, 3.8) is 0 Å². The summed E-state index contributed by atoms with van der Waals surface area (Å²) >= 11 is 0. The molecular weight excluding hydrogens is 266 g/mol. The molecule has 6 heteroatoms. The first-order chi connectivity index (χ1) is 10.1. The van der Waals surface area contributed by atoms with Gasteiger partial charge in [-0.05, 0) is 24.6 Å². The third-order valence-corrected chi connectivity index (χ3v) is 3.96. The van der Waals surface area contributed by atoms with E-state index in [1.165, 1.54) is 0 Å². The van der Waals surface area contributed by atoms with Crippen molar-refractivity contribution in [2.45, 2.75) is 19.9 Å². The van der Waals surface area contributed by atoms with Gasteiger partial charge in [-0.15, -0.1) is 0 Å². The number of carbonyl (C=O) groups is 1. The van der Waals surface area contributed by atoms with Crippen molar-refractivity contribution in [1.29, 1.82) is 0 Å².